The molecule has 0 aliphatic carbocycles. The molecule has 0 atom stereocenters. The Balaban J connectivity index is 2.61. The van der Waals surface area contributed by atoms with Gasteiger partial charge in [0.1, 0.15) is 0 Å². The highest BCUT2D eigenvalue weighted by Gasteiger charge is 2.26. The first-order valence-corrected chi connectivity index (χ1v) is 7.56. The van der Waals surface area contributed by atoms with Gasteiger partial charge in [0.15, 0.2) is 9.84 Å². The molecule has 1 aromatic rings. The second-order valence-corrected chi connectivity index (χ2v) is 7.59. The lowest BCUT2D eigenvalue weighted by Crippen LogP contribution is -2.19. The third-order valence-electron chi connectivity index (χ3n) is 1.91. The third kappa shape index (κ3) is 5.44. The molecule has 0 N–H and O–H groups in total. The minimum Gasteiger partial charge on any atom is -0.414 e. The van der Waals surface area contributed by atoms with Gasteiger partial charge in [0.25, 0.3) is 0 Å². The zero-order valence-electron chi connectivity index (χ0n) is 8.98. The van der Waals surface area contributed by atoms with Gasteiger partial charge in [0.05, 0.1) is 17.1 Å². The fraction of sp³-hybridized carbons (Fsp3) is 0.300. The van der Waals surface area contributed by atoms with E-state index in [2.05, 4.69) is 4.74 Å². The van der Waals surface area contributed by atoms with Gasteiger partial charge in [-0.3, -0.25) is 4.79 Å². The Morgan fingerprint density at radius 3 is 2.22 bits per heavy atom. The predicted octanol–water partition coefficient (Wildman–Crippen LogP) is 2.72. The van der Waals surface area contributed by atoms with E-state index in [0.717, 1.165) is 0 Å². The van der Waals surface area contributed by atoms with E-state index in [-0.39, 0.29) is 11.3 Å². The molecular formula is C10H9Cl3O4S. The van der Waals surface area contributed by atoms with Crippen molar-refractivity contribution in [1.29, 1.82) is 0 Å². The van der Waals surface area contributed by atoms with Gasteiger partial charge < -0.3 is 4.74 Å². The van der Waals surface area contributed by atoms with Gasteiger partial charge in [-0.1, -0.05) is 18.2 Å². The molecule has 0 saturated heterocycles. The monoisotopic (exact) mass is 330 g/mol. The molecule has 1 rings (SSSR count). The number of alkyl halides is 3. The second kappa shape index (κ2) is 6.10. The highest BCUT2D eigenvalue weighted by atomic mass is 35.6. The molecule has 0 amide bonds. The summed E-state index contributed by atoms with van der Waals surface area (Å²) in [4.78, 5) is 11.3. The zero-order valence-corrected chi connectivity index (χ0v) is 12.1. The second-order valence-electron chi connectivity index (χ2n) is 3.30. The van der Waals surface area contributed by atoms with Crippen molar-refractivity contribution in [3.8, 4) is 0 Å². The van der Waals surface area contributed by atoms with Gasteiger partial charge in [-0.25, -0.2) is 8.42 Å². The molecule has 18 heavy (non-hydrogen) atoms. The van der Waals surface area contributed by atoms with Crippen molar-refractivity contribution in [2.75, 3.05) is 5.75 Å². The van der Waals surface area contributed by atoms with E-state index in [1.165, 1.54) is 12.1 Å². The van der Waals surface area contributed by atoms with Crippen LogP contribution in [-0.4, -0.2) is 24.1 Å². The Morgan fingerprint density at radius 1 is 1.17 bits per heavy atom. The molecule has 0 saturated carbocycles. The van der Waals surface area contributed by atoms with Crippen molar-refractivity contribution >= 4 is 50.6 Å². The van der Waals surface area contributed by atoms with Crippen molar-refractivity contribution < 1.29 is 17.9 Å². The van der Waals surface area contributed by atoms with Crippen molar-refractivity contribution in [3.63, 3.8) is 0 Å². The van der Waals surface area contributed by atoms with Crippen LogP contribution in [0.4, 0.5) is 0 Å². The van der Waals surface area contributed by atoms with Crippen LogP contribution >= 0.6 is 34.8 Å². The molecule has 0 aliphatic rings. The summed E-state index contributed by atoms with van der Waals surface area (Å²) in [6.45, 7) is 0. The smallest absolute Gasteiger partial charge is 0.340 e. The van der Waals surface area contributed by atoms with Crippen LogP contribution in [0.15, 0.2) is 35.2 Å². The van der Waals surface area contributed by atoms with Gasteiger partial charge >= 0.3 is 9.95 Å². The first-order valence-electron chi connectivity index (χ1n) is 4.77. The van der Waals surface area contributed by atoms with Crippen molar-refractivity contribution in [1.82, 2.24) is 0 Å². The van der Waals surface area contributed by atoms with Crippen LogP contribution in [-0.2, 0) is 19.4 Å². The van der Waals surface area contributed by atoms with E-state index in [9.17, 15) is 13.2 Å². The number of halogens is 3. The van der Waals surface area contributed by atoms with Crippen LogP contribution in [0.3, 0.4) is 0 Å². The predicted molar refractivity (Wildman–Crippen MR) is 69.5 cm³/mol. The van der Waals surface area contributed by atoms with Crippen LogP contribution in [0.1, 0.15) is 6.42 Å². The number of benzene rings is 1. The lowest BCUT2D eigenvalue weighted by atomic mass is 10.4. The van der Waals surface area contributed by atoms with Crippen molar-refractivity contribution in [3.05, 3.63) is 30.3 Å². The zero-order chi connectivity index (χ0) is 13.8. The summed E-state index contributed by atoms with van der Waals surface area (Å²) >= 11 is 15.7. The first-order chi connectivity index (χ1) is 8.21. The maximum absolute atomic E-state index is 11.8. The summed E-state index contributed by atoms with van der Waals surface area (Å²) in [5, 5.41) is 0. The molecule has 0 bridgehead atoms. The van der Waals surface area contributed by atoms with E-state index in [1.807, 2.05) is 0 Å². The maximum atomic E-state index is 11.8. The van der Waals surface area contributed by atoms with E-state index >= 15 is 0 Å². The Morgan fingerprint density at radius 2 is 1.72 bits per heavy atom. The van der Waals surface area contributed by atoms with Gasteiger partial charge in [0.2, 0.25) is 0 Å². The molecule has 1 aromatic carbocycles. The van der Waals surface area contributed by atoms with Crippen molar-refractivity contribution in [2.45, 2.75) is 15.3 Å². The number of rotatable bonds is 4. The minimum atomic E-state index is -3.54. The highest BCUT2D eigenvalue weighted by Crippen LogP contribution is 2.27. The number of esters is 1. The van der Waals surface area contributed by atoms with E-state index < -0.39 is 25.5 Å². The lowest BCUT2D eigenvalue weighted by Gasteiger charge is -2.11. The summed E-state index contributed by atoms with van der Waals surface area (Å²) in [5.74, 6) is -1.30. The fourth-order valence-electron chi connectivity index (χ4n) is 1.14. The summed E-state index contributed by atoms with van der Waals surface area (Å²) in [7, 11) is -3.54. The standard InChI is InChI=1S/C10H9Cl3O4S/c11-10(12,13)17-9(14)6-7-18(15,16)8-4-2-1-3-5-8/h1-5H,6-7H2. The molecule has 100 valence electrons. The molecule has 8 heteroatoms. The van der Waals surface area contributed by atoms with Crippen LogP contribution < -0.4 is 0 Å². The number of carbonyl (C=O) groups excluding carboxylic acids is 1. The van der Waals surface area contributed by atoms with Crippen LogP contribution in [0.25, 0.3) is 0 Å². The average molecular weight is 332 g/mol. The molecule has 0 aliphatic heterocycles. The highest BCUT2D eigenvalue weighted by molar-refractivity contribution is 7.91. The molecular weight excluding hydrogens is 323 g/mol. The maximum Gasteiger partial charge on any atom is 0.340 e. The molecule has 0 radical (unpaired) electrons. The molecule has 4 nitrogen and oxygen atoms in total. The molecule has 0 heterocycles. The van der Waals surface area contributed by atoms with Crippen molar-refractivity contribution in [2.24, 2.45) is 0 Å². The summed E-state index contributed by atoms with van der Waals surface area (Å²) in [6, 6.07) is 7.75. The van der Waals surface area contributed by atoms with E-state index in [1.54, 1.807) is 18.2 Å². The van der Waals surface area contributed by atoms with Crippen LogP contribution in [0, 0.1) is 0 Å². The molecule has 0 spiro atoms. The minimum absolute atomic E-state index is 0.131. The summed E-state index contributed by atoms with van der Waals surface area (Å²) < 4.78 is 25.8. The average Bonchev–Trinajstić information content (AvgIpc) is 2.26. The topological polar surface area (TPSA) is 60.4 Å². The number of hydrogen-bond acceptors (Lipinski definition) is 4. The molecule has 0 unspecified atom stereocenters. The summed E-state index contributed by atoms with van der Waals surface area (Å²) in [5.41, 5.74) is 0. The Hall–Kier alpha value is -0.490. The molecule has 0 fully saturated rings. The van der Waals surface area contributed by atoms with Gasteiger partial charge in [-0.05, 0) is 46.9 Å². The fourth-order valence-corrected chi connectivity index (χ4v) is 2.64. The number of ether oxygens (including phenoxy) is 1. The largest absolute Gasteiger partial charge is 0.414 e. The van der Waals surface area contributed by atoms with Crippen LogP contribution in [0.2, 0.25) is 0 Å². The Bertz CT molecular complexity index is 508. The normalized spacial score (nSPS) is 12.2. The number of hydrogen-bond donors (Lipinski definition) is 0. The van der Waals surface area contributed by atoms with Gasteiger partial charge in [0, 0.05) is 0 Å². The molecule has 0 aromatic heterocycles. The van der Waals surface area contributed by atoms with Gasteiger partial charge in [-0.15, -0.1) is 0 Å². The quantitative estimate of drug-likeness (QED) is 0.629. The Labute approximate surface area is 120 Å². The van der Waals surface area contributed by atoms with Crippen LogP contribution in [0.5, 0.6) is 0 Å². The van der Waals surface area contributed by atoms with E-state index in [0.29, 0.717) is 0 Å². The SMILES string of the molecule is O=C(CCS(=O)(=O)c1ccccc1)OC(Cl)(Cl)Cl. The number of carbonyl (C=O) groups is 1. The Kier molecular flexibility index (Phi) is 5.28. The van der Waals surface area contributed by atoms with Gasteiger partial charge in [-0.2, -0.15) is 0 Å². The third-order valence-corrected chi connectivity index (χ3v) is 3.87. The lowest BCUT2D eigenvalue weighted by molar-refractivity contribution is -0.143. The number of sulfone groups is 1. The summed E-state index contributed by atoms with van der Waals surface area (Å²) in [6.07, 6.45) is -0.384. The van der Waals surface area contributed by atoms with E-state index in [4.69, 9.17) is 34.8 Å². The first kappa shape index (κ1) is 15.6.